The van der Waals surface area contributed by atoms with E-state index >= 15 is 0 Å². The molecular weight excluding hydrogens is 246 g/mol. The Morgan fingerprint density at radius 1 is 1.50 bits per heavy atom. The molecule has 4 rings (SSSR count). The number of fused-ring (bicyclic) bond motifs is 1. The Kier molecular flexibility index (Phi) is 2.32. The molecule has 0 radical (unpaired) electrons. The first-order valence-electron chi connectivity index (χ1n) is 6.46. The van der Waals surface area contributed by atoms with Gasteiger partial charge in [-0.25, -0.2) is 0 Å². The third-order valence-electron chi connectivity index (χ3n) is 4.42. The molecule has 2 atom stereocenters. The summed E-state index contributed by atoms with van der Waals surface area (Å²) in [6.07, 6.45) is 3.74. The monoisotopic (exact) mass is 261 g/mol. The zero-order valence-corrected chi connectivity index (χ0v) is 10.9. The van der Waals surface area contributed by atoms with Gasteiger partial charge in [-0.05, 0) is 36.8 Å². The second-order valence-electron chi connectivity index (χ2n) is 5.31. The lowest BCUT2D eigenvalue weighted by molar-refractivity contribution is 0.265. The molecule has 2 fully saturated rings. The molecule has 2 aliphatic rings. The summed E-state index contributed by atoms with van der Waals surface area (Å²) in [6.45, 7) is 2.08. The fourth-order valence-electron chi connectivity index (χ4n) is 3.44. The topological polar surface area (TPSA) is 51.0 Å². The molecule has 5 heteroatoms. The van der Waals surface area contributed by atoms with Gasteiger partial charge in [0, 0.05) is 17.5 Å². The van der Waals surface area contributed by atoms with Crippen LogP contribution in [0.1, 0.15) is 25.2 Å². The molecule has 3 heterocycles. The summed E-state index contributed by atoms with van der Waals surface area (Å²) in [7, 11) is 0. The third-order valence-corrected chi connectivity index (χ3v) is 5.10. The van der Waals surface area contributed by atoms with Crippen LogP contribution in [0.2, 0.25) is 0 Å². The van der Waals surface area contributed by atoms with Crippen molar-refractivity contribution in [3.63, 3.8) is 0 Å². The highest BCUT2D eigenvalue weighted by Crippen LogP contribution is 2.47. The Balaban J connectivity index is 1.73. The van der Waals surface area contributed by atoms with Gasteiger partial charge in [-0.2, -0.15) is 16.3 Å². The number of hydrogen-bond donors (Lipinski definition) is 1. The Labute approximate surface area is 109 Å². The van der Waals surface area contributed by atoms with E-state index in [-0.39, 0.29) is 5.41 Å². The van der Waals surface area contributed by atoms with E-state index in [9.17, 15) is 0 Å². The smallest absolute Gasteiger partial charge is 0.234 e. The average molecular weight is 261 g/mol. The molecule has 4 nitrogen and oxygen atoms in total. The van der Waals surface area contributed by atoms with Crippen molar-refractivity contribution >= 4 is 11.3 Å². The lowest BCUT2D eigenvalue weighted by Crippen LogP contribution is -2.31. The molecular formula is C13H15N3OS. The van der Waals surface area contributed by atoms with E-state index in [1.54, 1.807) is 11.3 Å². The summed E-state index contributed by atoms with van der Waals surface area (Å²) < 4.78 is 5.58. The standard InChI is InChI=1S/C13H15N3OS/c1-2-10-6-14-8-13(10,4-1)12-15-11(16-17-12)9-3-5-18-7-9/h3,5,7,10,14H,1-2,4,6,8H2/t10-,13-/m1/s1. The molecule has 1 saturated heterocycles. The molecule has 18 heavy (non-hydrogen) atoms. The molecule has 94 valence electrons. The van der Waals surface area contributed by atoms with Crippen LogP contribution in [0.5, 0.6) is 0 Å². The lowest BCUT2D eigenvalue weighted by Gasteiger charge is -2.22. The van der Waals surface area contributed by atoms with Crippen LogP contribution in [0, 0.1) is 5.92 Å². The lowest BCUT2D eigenvalue weighted by atomic mass is 9.80. The Bertz CT molecular complexity index is 538. The quantitative estimate of drug-likeness (QED) is 0.902. The summed E-state index contributed by atoms with van der Waals surface area (Å²) in [5.74, 6) is 2.25. The average Bonchev–Trinajstić information content (AvgIpc) is 3.13. The van der Waals surface area contributed by atoms with Crippen molar-refractivity contribution in [1.82, 2.24) is 15.5 Å². The van der Waals surface area contributed by atoms with Gasteiger partial charge >= 0.3 is 0 Å². The second kappa shape index (κ2) is 3.90. The maximum atomic E-state index is 5.58. The Morgan fingerprint density at radius 2 is 2.50 bits per heavy atom. The van der Waals surface area contributed by atoms with Gasteiger partial charge in [0.05, 0.1) is 5.41 Å². The molecule has 1 saturated carbocycles. The van der Waals surface area contributed by atoms with E-state index in [1.165, 1.54) is 19.3 Å². The third kappa shape index (κ3) is 1.40. The van der Waals surface area contributed by atoms with Crippen molar-refractivity contribution in [2.75, 3.05) is 13.1 Å². The first kappa shape index (κ1) is 10.7. The molecule has 1 aliphatic heterocycles. The van der Waals surface area contributed by atoms with Crippen molar-refractivity contribution < 1.29 is 4.52 Å². The van der Waals surface area contributed by atoms with Gasteiger partial charge in [0.15, 0.2) is 0 Å². The van der Waals surface area contributed by atoms with Crippen LogP contribution in [-0.2, 0) is 5.41 Å². The van der Waals surface area contributed by atoms with Crippen molar-refractivity contribution in [3.05, 3.63) is 22.7 Å². The first-order valence-corrected chi connectivity index (χ1v) is 7.40. The molecule has 1 N–H and O–H groups in total. The molecule has 2 aromatic rings. The molecule has 0 unspecified atom stereocenters. The van der Waals surface area contributed by atoms with Crippen LogP contribution in [0.25, 0.3) is 11.4 Å². The molecule has 2 aromatic heterocycles. The number of nitrogens with one attached hydrogen (secondary N) is 1. The van der Waals surface area contributed by atoms with E-state index in [4.69, 9.17) is 4.52 Å². The first-order chi connectivity index (χ1) is 8.88. The number of aromatic nitrogens is 2. The van der Waals surface area contributed by atoms with E-state index in [0.29, 0.717) is 5.92 Å². The Morgan fingerprint density at radius 3 is 3.39 bits per heavy atom. The minimum Gasteiger partial charge on any atom is -0.338 e. The number of thiophene rings is 1. The van der Waals surface area contributed by atoms with Crippen LogP contribution in [0.3, 0.4) is 0 Å². The second-order valence-corrected chi connectivity index (χ2v) is 6.09. The van der Waals surface area contributed by atoms with Gasteiger partial charge in [0.2, 0.25) is 11.7 Å². The van der Waals surface area contributed by atoms with Gasteiger partial charge in [0.1, 0.15) is 0 Å². The van der Waals surface area contributed by atoms with Crippen molar-refractivity contribution in [3.8, 4) is 11.4 Å². The van der Waals surface area contributed by atoms with E-state index in [1.807, 2.05) is 11.4 Å². The highest BCUT2D eigenvalue weighted by molar-refractivity contribution is 7.08. The summed E-state index contributed by atoms with van der Waals surface area (Å²) in [6, 6.07) is 2.04. The summed E-state index contributed by atoms with van der Waals surface area (Å²) in [5, 5.41) is 11.7. The normalized spacial score (nSPS) is 30.8. The molecule has 0 bridgehead atoms. The summed E-state index contributed by atoms with van der Waals surface area (Å²) >= 11 is 1.66. The molecule has 0 aromatic carbocycles. The SMILES string of the molecule is c1cc(-c2noc([C@@]34CCC[C@@H]3CNC4)n2)cs1. The van der Waals surface area contributed by atoms with E-state index in [0.717, 1.165) is 30.4 Å². The van der Waals surface area contributed by atoms with Crippen LogP contribution >= 0.6 is 11.3 Å². The van der Waals surface area contributed by atoms with Gasteiger partial charge in [-0.1, -0.05) is 11.6 Å². The van der Waals surface area contributed by atoms with Gasteiger partial charge in [-0.15, -0.1) is 0 Å². The molecule has 1 aliphatic carbocycles. The minimum absolute atomic E-state index is 0.112. The number of rotatable bonds is 2. The van der Waals surface area contributed by atoms with Crippen LogP contribution in [0.4, 0.5) is 0 Å². The van der Waals surface area contributed by atoms with Crippen molar-refractivity contribution in [2.45, 2.75) is 24.7 Å². The highest BCUT2D eigenvalue weighted by Gasteiger charge is 2.51. The summed E-state index contributed by atoms with van der Waals surface area (Å²) in [5.41, 5.74) is 1.17. The largest absolute Gasteiger partial charge is 0.338 e. The fourth-order valence-corrected chi connectivity index (χ4v) is 4.07. The zero-order chi connectivity index (χ0) is 12.0. The zero-order valence-electron chi connectivity index (χ0n) is 10.1. The molecule has 0 spiro atoms. The minimum atomic E-state index is 0.112. The number of nitrogens with zero attached hydrogens (tertiary/aromatic N) is 2. The fraction of sp³-hybridized carbons (Fsp3) is 0.538. The number of hydrogen-bond acceptors (Lipinski definition) is 5. The molecule has 0 amide bonds. The van der Waals surface area contributed by atoms with Crippen LogP contribution in [0.15, 0.2) is 21.3 Å². The Hall–Kier alpha value is -1.20. The van der Waals surface area contributed by atoms with Gasteiger partial charge in [0.25, 0.3) is 0 Å². The van der Waals surface area contributed by atoms with Crippen LogP contribution < -0.4 is 5.32 Å². The van der Waals surface area contributed by atoms with Crippen LogP contribution in [-0.4, -0.2) is 23.2 Å². The van der Waals surface area contributed by atoms with Crippen molar-refractivity contribution in [1.29, 1.82) is 0 Å². The van der Waals surface area contributed by atoms with E-state index in [2.05, 4.69) is 20.8 Å². The summed E-state index contributed by atoms with van der Waals surface area (Å²) in [4.78, 5) is 4.66. The predicted octanol–water partition coefficient (Wildman–Crippen LogP) is 2.44. The van der Waals surface area contributed by atoms with Crippen molar-refractivity contribution in [2.24, 2.45) is 5.92 Å². The van der Waals surface area contributed by atoms with Gasteiger partial charge in [-0.3, -0.25) is 0 Å². The van der Waals surface area contributed by atoms with E-state index < -0.39 is 0 Å². The maximum absolute atomic E-state index is 5.58. The maximum Gasteiger partial charge on any atom is 0.234 e. The predicted molar refractivity (Wildman–Crippen MR) is 69.5 cm³/mol. The highest BCUT2D eigenvalue weighted by atomic mass is 32.1. The van der Waals surface area contributed by atoms with Gasteiger partial charge < -0.3 is 9.84 Å².